The summed E-state index contributed by atoms with van der Waals surface area (Å²) in [7, 11) is 3.01. The van der Waals surface area contributed by atoms with Crippen molar-refractivity contribution in [3.63, 3.8) is 0 Å². The first-order valence-corrected chi connectivity index (χ1v) is 8.01. The normalized spacial score (nSPS) is 15.8. The fraction of sp³-hybridized carbons (Fsp3) is 0.154. The Morgan fingerprint density at radius 1 is 1.24 bits per heavy atom. The Bertz CT molecular complexity index is 679. The number of phenols is 1. The highest BCUT2D eigenvalue weighted by molar-refractivity contribution is 14.1. The van der Waals surface area contributed by atoms with Crippen LogP contribution in [0.4, 0.5) is 0 Å². The van der Waals surface area contributed by atoms with Gasteiger partial charge in [0.15, 0.2) is 5.11 Å². The largest absolute Gasteiger partial charge is 0.506 e. The van der Waals surface area contributed by atoms with Gasteiger partial charge in [0.05, 0.1) is 3.57 Å². The van der Waals surface area contributed by atoms with E-state index in [4.69, 9.17) is 12.2 Å². The number of carbonyl (C=O) groups is 2. The van der Waals surface area contributed by atoms with Crippen LogP contribution in [0.15, 0.2) is 22.2 Å². The minimum atomic E-state index is -0.488. The number of carbonyl (C=O) groups excluding carboxylic acids is 2. The van der Waals surface area contributed by atoms with Crippen molar-refractivity contribution in [3.8, 4) is 5.75 Å². The lowest BCUT2D eigenvalue weighted by Crippen LogP contribution is -2.52. The van der Waals surface area contributed by atoms with E-state index in [1.807, 2.05) is 22.6 Å². The molecule has 1 N–H and O–H groups in total. The molecule has 0 atom stereocenters. The molecule has 0 spiro atoms. The fourth-order valence-electron chi connectivity index (χ4n) is 1.83. The number of nitrogens with zero attached hydrogens (tertiary/aromatic N) is 2. The number of benzene rings is 1. The molecule has 0 radical (unpaired) electrons. The molecular formula is C13H10BrIN2O3S. The minimum absolute atomic E-state index is 0.0188. The van der Waals surface area contributed by atoms with E-state index >= 15 is 0 Å². The van der Waals surface area contributed by atoms with Crippen LogP contribution in [0.5, 0.6) is 5.75 Å². The molecular weight excluding hydrogens is 471 g/mol. The Morgan fingerprint density at radius 3 is 2.29 bits per heavy atom. The number of likely N-dealkylation sites (N-methyl/N-ethyl adjacent to an activating group) is 2. The zero-order valence-corrected chi connectivity index (χ0v) is 15.6. The molecule has 110 valence electrons. The second-order valence-electron chi connectivity index (χ2n) is 4.39. The summed E-state index contributed by atoms with van der Waals surface area (Å²) in [5.41, 5.74) is 0.345. The van der Waals surface area contributed by atoms with Gasteiger partial charge in [0.25, 0.3) is 11.8 Å². The van der Waals surface area contributed by atoms with Gasteiger partial charge in [-0.1, -0.05) is 15.9 Å². The summed E-state index contributed by atoms with van der Waals surface area (Å²) in [6.07, 6.45) is 1.38. The van der Waals surface area contributed by atoms with E-state index in [1.165, 1.54) is 30.0 Å². The molecule has 0 bridgehead atoms. The van der Waals surface area contributed by atoms with Crippen LogP contribution in [0.1, 0.15) is 5.56 Å². The quantitative estimate of drug-likeness (QED) is 0.290. The Morgan fingerprint density at radius 2 is 1.76 bits per heavy atom. The number of thiocarbonyl (C=S) groups is 1. The number of rotatable bonds is 1. The van der Waals surface area contributed by atoms with Crippen LogP contribution >= 0.6 is 50.7 Å². The van der Waals surface area contributed by atoms with E-state index in [2.05, 4.69) is 15.9 Å². The number of phenolic OH excluding ortho intramolecular Hbond substituents is 1. The molecule has 5 nitrogen and oxygen atoms in total. The monoisotopic (exact) mass is 480 g/mol. The van der Waals surface area contributed by atoms with Crippen molar-refractivity contribution >= 4 is 73.7 Å². The maximum atomic E-state index is 12.2. The van der Waals surface area contributed by atoms with E-state index in [-0.39, 0.29) is 16.4 Å². The topological polar surface area (TPSA) is 60.9 Å². The molecule has 1 aliphatic heterocycles. The van der Waals surface area contributed by atoms with Gasteiger partial charge >= 0.3 is 0 Å². The van der Waals surface area contributed by atoms with Crippen molar-refractivity contribution in [2.45, 2.75) is 0 Å². The fourth-order valence-corrected chi connectivity index (χ4v) is 3.54. The van der Waals surface area contributed by atoms with Gasteiger partial charge in [-0.25, -0.2) is 0 Å². The van der Waals surface area contributed by atoms with Gasteiger partial charge in [-0.15, -0.1) is 0 Å². The van der Waals surface area contributed by atoms with Crippen LogP contribution in [0.3, 0.4) is 0 Å². The lowest BCUT2D eigenvalue weighted by molar-refractivity contribution is -0.132. The smallest absolute Gasteiger partial charge is 0.265 e. The van der Waals surface area contributed by atoms with Gasteiger partial charge < -0.3 is 5.11 Å². The van der Waals surface area contributed by atoms with Crippen molar-refractivity contribution in [2.75, 3.05) is 14.1 Å². The van der Waals surface area contributed by atoms with Crippen molar-refractivity contribution in [1.29, 1.82) is 0 Å². The predicted octanol–water partition coefficient (Wildman–Crippen LogP) is 2.36. The van der Waals surface area contributed by atoms with Crippen molar-refractivity contribution in [2.24, 2.45) is 0 Å². The van der Waals surface area contributed by atoms with Gasteiger partial charge in [0.2, 0.25) is 0 Å². The van der Waals surface area contributed by atoms with Crippen LogP contribution in [-0.2, 0) is 9.59 Å². The van der Waals surface area contributed by atoms with Gasteiger partial charge in [0.1, 0.15) is 11.3 Å². The van der Waals surface area contributed by atoms with E-state index in [0.29, 0.717) is 9.13 Å². The van der Waals surface area contributed by atoms with Crippen LogP contribution in [0, 0.1) is 3.57 Å². The maximum Gasteiger partial charge on any atom is 0.265 e. The van der Waals surface area contributed by atoms with E-state index < -0.39 is 11.8 Å². The molecule has 2 rings (SSSR count). The summed E-state index contributed by atoms with van der Waals surface area (Å²) in [6.45, 7) is 0. The summed E-state index contributed by atoms with van der Waals surface area (Å²) < 4.78 is 1.35. The molecule has 8 heteroatoms. The van der Waals surface area contributed by atoms with Crippen LogP contribution in [0.25, 0.3) is 6.08 Å². The number of hydrogen-bond donors (Lipinski definition) is 1. The molecule has 1 heterocycles. The number of amides is 2. The number of halogens is 2. The lowest BCUT2D eigenvalue weighted by atomic mass is 10.1. The van der Waals surface area contributed by atoms with Crippen molar-refractivity contribution in [1.82, 2.24) is 9.80 Å². The molecule has 0 aromatic heterocycles. The Kier molecular flexibility index (Phi) is 4.69. The first-order valence-electron chi connectivity index (χ1n) is 5.73. The van der Waals surface area contributed by atoms with Crippen LogP contribution < -0.4 is 0 Å². The summed E-state index contributed by atoms with van der Waals surface area (Å²) in [5.74, 6) is -0.958. The van der Waals surface area contributed by atoms with Crippen molar-refractivity contribution < 1.29 is 14.7 Å². The van der Waals surface area contributed by atoms with E-state index in [9.17, 15) is 14.7 Å². The second kappa shape index (κ2) is 6.01. The standard InChI is InChI=1S/C13H10BrIN2O3S/c1-16-11(19)8(12(20)17(2)13(16)21)4-6-3-7(14)5-9(15)10(6)18/h3-5,18H,1-2H3. The first kappa shape index (κ1) is 16.4. The van der Waals surface area contributed by atoms with Crippen LogP contribution in [-0.4, -0.2) is 45.9 Å². The first-order chi connectivity index (χ1) is 9.73. The molecule has 1 saturated heterocycles. The van der Waals surface area contributed by atoms with Crippen molar-refractivity contribution in [3.05, 3.63) is 31.3 Å². The highest BCUT2D eigenvalue weighted by Crippen LogP contribution is 2.31. The minimum Gasteiger partial charge on any atom is -0.506 e. The SMILES string of the molecule is CN1C(=O)C(=Cc2cc(Br)cc(I)c2O)C(=O)N(C)C1=S. The number of hydrogen-bond acceptors (Lipinski definition) is 4. The molecule has 2 amide bonds. The summed E-state index contributed by atoms with van der Waals surface area (Å²) in [4.78, 5) is 26.9. The molecule has 1 aromatic carbocycles. The summed E-state index contributed by atoms with van der Waals surface area (Å²) in [6, 6.07) is 3.37. The van der Waals surface area contributed by atoms with E-state index in [1.54, 1.807) is 12.1 Å². The lowest BCUT2D eigenvalue weighted by Gasteiger charge is -2.31. The second-order valence-corrected chi connectivity index (χ2v) is 6.84. The molecule has 1 fully saturated rings. The van der Waals surface area contributed by atoms with Gasteiger partial charge in [-0.05, 0) is 53.0 Å². The molecule has 21 heavy (non-hydrogen) atoms. The molecule has 1 aliphatic rings. The Labute approximate surface area is 148 Å². The predicted molar refractivity (Wildman–Crippen MR) is 94.6 cm³/mol. The third-order valence-corrected chi connectivity index (χ3v) is 4.83. The zero-order chi connectivity index (χ0) is 15.9. The highest BCUT2D eigenvalue weighted by atomic mass is 127. The van der Waals surface area contributed by atoms with Gasteiger partial charge in [0, 0.05) is 24.1 Å². The molecule has 0 saturated carbocycles. The Balaban J connectivity index is 2.57. The average molecular weight is 481 g/mol. The van der Waals surface area contributed by atoms with E-state index in [0.717, 1.165) is 4.47 Å². The number of aromatic hydroxyl groups is 1. The third kappa shape index (κ3) is 2.97. The Hall–Kier alpha value is -1.00. The third-order valence-electron chi connectivity index (χ3n) is 3.00. The zero-order valence-electron chi connectivity index (χ0n) is 11.1. The highest BCUT2D eigenvalue weighted by Gasteiger charge is 2.35. The average Bonchev–Trinajstić information content (AvgIpc) is 2.44. The molecule has 1 aromatic rings. The maximum absolute atomic E-state index is 12.2. The summed E-state index contributed by atoms with van der Waals surface area (Å²) >= 11 is 10.3. The van der Waals surface area contributed by atoms with Gasteiger partial charge in [-0.3, -0.25) is 19.4 Å². The molecule has 0 aliphatic carbocycles. The molecule has 0 unspecified atom stereocenters. The van der Waals surface area contributed by atoms with Gasteiger partial charge in [-0.2, -0.15) is 0 Å². The summed E-state index contributed by atoms with van der Waals surface area (Å²) in [5, 5.41) is 10.2. The van der Waals surface area contributed by atoms with Crippen LogP contribution in [0.2, 0.25) is 0 Å².